The molecule has 1 rings (SSSR count). The second-order valence-electron chi connectivity index (χ2n) is 4.06. The summed E-state index contributed by atoms with van der Waals surface area (Å²) in [4.78, 5) is 2.61. The molecular weight excluding hydrogens is 148 g/mol. The highest BCUT2D eigenvalue weighted by molar-refractivity contribution is 4.79. The van der Waals surface area contributed by atoms with E-state index in [0.29, 0.717) is 6.04 Å². The first-order valence-electron chi connectivity index (χ1n) is 5.21. The van der Waals surface area contributed by atoms with Gasteiger partial charge in [0.05, 0.1) is 0 Å². The third-order valence-corrected chi connectivity index (χ3v) is 2.84. The minimum Gasteiger partial charge on any atom is -0.330 e. The Bertz CT molecular complexity index is 121. The van der Waals surface area contributed by atoms with Gasteiger partial charge < -0.3 is 5.73 Å². The molecule has 1 atom stereocenters. The maximum atomic E-state index is 5.60. The molecule has 1 aliphatic heterocycles. The lowest BCUT2D eigenvalue weighted by Gasteiger charge is -2.38. The van der Waals surface area contributed by atoms with Gasteiger partial charge in [-0.1, -0.05) is 6.42 Å². The van der Waals surface area contributed by atoms with Crippen LogP contribution >= 0.6 is 0 Å². The Morgan fingerprint density at radius 2 is 2.17 bits per heavy atom. The van der Waals surface area contributed by atoms with E-state index in [1.54, 1.807) is 0 Å². The highest BCUT2D eigenvalue weighted by atomic mass is 15.2. The molecule has 0 aliphatic carbocycles. The lowest BCUT2D eigenvalue weighted by atomic mass is 9.98. The van der Waals surface area contributed by atoms with Crippen molar-refractivity contribution in [2.45, 2.75) is 51.6 Å². The molecule has 1 saturated heterocycles. The number of hydrogen-bond acceptors (Lipinski definition) is 2. The van der Waals surface area contributed by atoms with Crippen LogP contribution in [-0.4, -0.2) is 30.1 Å². The third kappa shape index (κ3) is 2.46. The van der Waals surface area contributed by atoms with Gasteiger partial charge in [0.2, 0.25) is 0 Å². The highest BCUT2D eigenvalue weighted by Crippen LogP contribution is 2.21. The summed E-state index contributed by atoms with van der Waals surface area (Å²) >= 11 is 0. The van der Waals surface area contributed by atoms with Crippen molar-refractivity contribution >= 4 is 0 Å². The van der Waals surface area contributed by atoms with Crippen LogP contribution in [0.1, 0.15) is 39.5 Å². The second kappa shape index (κ2) is 4.83. The van der Waals surface area contributed by atoms with Gasteiger partial charge in [-0.3, -0.25) is 4.90 Å². The molecule has 1 fully saturated rings. The van der Waals surface area contributed by atoms with Gasteiger partial charge in [-0.2, -0.15) is 0 Å². The Balaban J connectivity index is 2.42. The standard InChI is InChI=1S/C10H22N2/c1-9(2)12-8-4-3-5-10(12)6-7-11/h9-10H,3-8,11H2,1-2H3/t10-/m0/s1. The SMILES string of the molecule is CC(C)N1CCCC[C@H]1CCN. The van der Waals surface area contributed by atoms with E-state index in [2.05, 4.69) is 18.7 Å². The molecule has 1 aliphatic rings. The van der Waals surface area contributed by atoms with E-state index in [9.17, 15) is 0 Å². The lowest BCUT2D eigenvalue weighted by molar-refractivity contribution is 0.107. The molecule has 0 amide bonds. The van der Waals surface area contributed by atoms with E-state index in [-0.39, 0.29) is 0 Å². The van der Waals surface area contributed by atoms with E-state index < -0.39 is 0 Å². The number of piperidine rings is 1. The average Bonchev–Trinajstić information content (AvgIpc) is 2.05. The van der Waals surface area contributed by atoms with Crippen LogP contribution in [0.4, 0.5) is 0 Å². The fraction of sp³-hybridized carbons (Fsp3) is 1.00. The van der Waals surface area contributed by atoms with Crippen LogP contribution in [0.2, 0.25) is 0 Å². The van der Waals surface area contributed by atoms with Gasteiger partial charge in [0.25, 0.3) is 0 Å². The molecular formula is C10H22N2. The maximum absolute atomic E-state index is 5.60. The van der Waals surface area contributed by atoms with Crippen molar-refractivity contribution in [1.82, 2.24) is 4.90 Å². The Morgan fingerprint density at radius 1 is 1.42 bits per heavy atom. The van der Waals surface area contributed by atoms with Crippen LogP contribution in [0.15, 0.2) is 0 Å². The highest BCUT2D eigenvalue weighted by Gasteiger charge is 2.23. The van der Waals surface area contributed by atoms with Crippen LogP contribution in [0.25, 0.3) is 0 Å². The number of nitrogens with zero attached hydrogens (tertiary/aromatic N) is 1. The molecule has 0 aromatic carbocycles. The molecule has 72 valence electrons. The molecule has 0 aromatic heterocycles. The summed E-state index contributed by atoms with van der Waals surface area (Å²) in [6, 6.07) is 1.46. The van der Waals surface area contributed by atoms with Crippen molar-refractivity contribution in [3.8, 4) is 0 Å². The molecule has 0 unspecified atom stereocenters. The van der Waals surface area contributed by atoms with E-state index in [1.165, 1.54) is 32.2 Å². The zero-order valence-electron chi connectivity index (χ0n) is 8.42. The van der Waals surface area contributed by atoms with Crippen LogP contribution in [-0.2, 0) is 0 Å². The van der Waals surface area contributed by atoms with E-state index in [1.807, 2.05) is 0 Å². The van der Waals surface area contributed by atoms with Gasteiger partial charge in [0.1, 0.15) is 0 Å². The number of likely N-dealkylation sites (tertiary alicyclic amines) is 1. The van der Waals surface area contributed by atoms with Crippen molar-refractivity contribution in [2.75, 3.05) is 13.1 Å². The van der Waals surface area contributed by atoms with E-state index in [4.69, 9.17) is 5.73 Å². The molecule has 0 radical (unpaired) electrons. The predicted octanol–water partition coefficient (Wildman–Crippen LogP) is 1.60. The summed E-state index contributed by atoms with van der Waals surface area (Å²) in [6.07, 6.45) is 5.31. The van der Waals surface area contributed by atoms with Gasteiger partial charge in [-0.15, -0.1) is 0 Å². The summed E-state index contributed by atoms with van der Waals surface area (Å²) < 4.78 is 0. The molecule has 2 nitrogen and oxygen atoms in total. The first-order valence-corrected chi connectivity index (χ1v) is 5.21. The Hall–Kier alpha value is -0.0800. The van der Waals surface area contributed by atoms with Gasteiger partial charge in [0, 0.05) is 12.1 Å². The molecule has 1 heterocycles. The first-order chi connectivity index (χ1) is 5.75. The molecule has 0 aromatic rings. The van der Waals surface area contributed by atoms with Gasteiger partial charge in [-0.25, -0.2) is 0 Å². The summed E-state index contributed by atoms with van der Waals surface area (Å²) in [7, 11) is 0. The molecule has 0 bridgehead atoms. The zero-order valence-corrected chi connectivity index (χ0v) is 8.42. The Morgan fingerprint density at radius 3 is 2.75 bits per heavy atom. The minimum absolute atomic E-state index is 0.696. The summed E-state index contributed by atoms with van der Waals surface area (Å²) in [5, 5.41) is 0. The third-order valence-electron chi connectivity index (χ3n) is 2.84. The van der Waals surface area contributed by atoms with Crippen LogP contribution in [0.3, 0.4) is 0 Å². The van der Waals surface area contributed by atoms with E-state index >= 15 is 0 Å². The minimum atomic E-state index is 0.696. The maximum Gasteiger partial charge on any atom is 0.0110 e. The van der Waals surface area contributed by atoms with Gasteiger partial charge >= 0.3 is 0 Å². The zero-order chi connectivity index (χ0) is 8.97. The number of hydrogen-bond donors (Lipinski definition) is 1. The number of rotatable bonds is 3. The predicted molar refractivity (Wildman–Crippen MR) is 53.2 cm³/mol. The van der Waals surface area contributed by atoms with Crippen molar-refractivity contribution in [3.63, 3.8) is 0 Å². The summed E-state index contributed by atoms with van der Waals surface area (Å²) in [6.45, 7) is 6.69. The second-order valence-corrected chi connectivity index (χ2v) is 4.06. The summed E-state index contributed by atoms with van der Waals surface area (Å²) in [5.74, 6) is 0. The molecule has 0 saturated carbocycles. The summed E-state index contributed by atoms with van der Waals surface area (Å²) in [5.41, 5.74) is 5.60. The first kappa shape index (κ1) is 10.0. The normalized spacial score (nSPS) is 26.5. The van der Waals surface area contributed by atoms with E-state index in [0.717, 1.165) is 12.6 Å². The Kier molecular flexibility index (Phi) is 4.02. The van der Waals surface area contributed by atoms with Crippen LogP contribution in [0, 0.1) is 0 Å². The van der Waals surface area contributed by atoms with Crippen LogP contribution in [0.5, 0.6) is 0 Å². The monoisotopic (exact) mass is 170 g/mol. The molecule has 12 heavy (non-hydrogen) atoms. The Labute approximate surface area is 76.1 Å². The fourth-order valence-electron chi connectivity index (χ4n) is 2.21. The lowest BCUT2D eigenvalue weighted by Crippen LogP contribution is -2.44. The molecule has 2 N–H and O–H groups in total. The van der Waals surface area contributed by atoms with Crippen molar-refractivity contribution in [2.24, 2.45) is 5.73 Å². The largest absolute Gasteiger partial charge is 0.330 e. The van der Waals surface area contributed by atoms with Crippen molar-refractivity contribution < 1.29 is 0 Å². The quantitative estimate of drug-likeness (QED) is 0.697. The molecule has 0 spiro atoms. The fourth-order valence-corrected chi connectivity index (χ4v) is 2.21. The van der Waals surface area contributed by atoms with Gasteiger partial charge in [0.15, 0.2) is 0 Å². The number of nitrogens with two attached hydrogens (primary N) is 1. The smallest absolute Gasteiger partial charge is 0.0110 e. The van der Waals surface area contributed by atoms with Gasteiger partial charge in [-0.05, 0) is 46.2 Å². The topological polar surface area (TPSA) is 29.3 Å². The molecule has 2 heteroatoms. The average molecular weight is 170 g/mol. The van der Waals surface area contributed by atoms with Crippen molar-refractivity contribution in [1.29, 1.82) is 0 Å². The van der Waals surface area contributed by atoms with Crippen LogP contribution < -0.4 is 5.73 Å². The van der Waals surface area contributed by atoms with Crippen molar-refractivity contribution in [3.05, 3.63) is 0 Å².